The van der Waals surface area contributed by atoms with Crippen LogP contribution in [0.2, 0.25) is 0 Å². The number of ether oxygens (including phenoxy) is 1. The van der Waals surface area contributed by atoms with E-state index < -0.39 is 6.29 Å². The van der Waals surface area contributed by atoms with Crippen LogP contribution in [0.15, 0.2) is 34.0 Å². The largest absolute Gasteiger partial charge is 0.363 e. The van der Waals surface area contributed by atoms with Gasteiger partial charge in [0, 0.05) is 12.2 Å². The quantitative estimate of drug-likeness (QED) is 0.386. The van der Waals surface area contributed by atoms with Gasteiger partial charge in [-0.25, -0.2) is 0 Å². The van der Waals surface area contributed by atoms with Crippen molar-refractivity contribution >= 4 is 28.3 Å². The molecule has 5 heteroatoms. The zero-order valence-corrected chi connectivity index (χ0v) is 13.3. The molecule has 1 rings (SSSR count). The highest BCUT2D eigenvalue weighted by Crippen LogP contribution is 2.09. The lowest BCUT2D eigenvalue weighted by atomic mass is 10.1. The van der Waals surface area contributed by atoms with Crippen molar-refractivity contribution in [2.75, 3.05) is 6.61 Å². The molecule has 0 amide bonds. The lowest BCUT2D eigenvalue weighted by Gasteiger charge is -2.10. The molecule has 4 nitrogen and oxygen atoms in total. The van der Waals surface area contributed by atoms with Gasteiger partial charge in [-0.05, 0) is 36.4 Å². The average Bonchev–Trinajstić information content (AvgIpc) is 2.40. The normalized spacial score (nSPS) is 13.4. The Morgan fingerprint density at radius 1 is 1.47 bits per heavy atom. The summed E-state index contributed by atoms with van der Waals surface area (Å²) in [5, 5.41) is 19.3. The molecule has 0 aliphatic carbocycles. The number of quaternary nitrogens is 1. The van der Waals surface area contributed by atoms with Crippen molar-refractivity contribution in [2.45, 2.75) is 26.7 Å². The molecular formula is C14H20IN2O2+. The van der Waals surface area contributed by atoms with Crippen molar-refractivity contribution < 1.29 is 15.2 Å². The van der Waals surface area contributed by atoms with Gasteiger partial charge in [-0.2, -0.15) is 0 Å². The van der Waals surface area contributed by atoms with Crippen molar-refractivity contribution in [3.05, 3.63) is 45.2 Å². The molecule has 1 atom stereocenters. The molecule has 0 fully saturated rings. The first-order chi connectivity index (χ1) is 9.04. The summed E-state index contributed by atoms with van der Waals surface area (Å²) in [6.45, 7) is 5.05. The molecule has 0 saturated carbocycles. The molecule has 104 valence electrons. The van der Waals surface area contributed by atoms with E-state index in [1.54, 1.807) is 6.92 Å². The second kappa shape index (κ2) is 8.42. The number of hydrogen-bond acceptors (Lipinski definition) is 3. The third-order valence-corrected chi connectivity index (χ3v) is 3.51. The fourth-order valence-electron chi connectivity index (χ4n) is 1.47. The van der Waals surface area contributed by atoms with E-state index in [1.807, 2.05) is 34.1 Å². The second-order valence-electron chi connectivity index (χ2n) is 4.16. The van der Waals surface area contributed by atoms with Gasteiger partial charge in [0.05, 0.1) is 3.58 Å². The van der Waals surface area contributed by atoms with Crippen LogP contribution in [0.25, 0.3) is 0 Å². The number of aliphatic hydroxyl groups excluding tert-OH is 1. The number of benzene rings is 1. The highest BCUT2D eigenvalue weighted by Gasteiger charge is 2.14. The number of nitrogens with one attached hydrogen (secondary N) is 1. The van der Waals surface area contributed by atoms with Crippen molar-refractivity contribution in [1.29, 1.82) is 5.41 Å². The van der Waals surface area contributed by atoms with Gasteiger partial charge in [0.2, 0.25) is 0 Å². The molecule has 4 N–H and O–H groups in total. The smallest absolute Gasteiger partial charge is 0.199 e. The van der Waals surface area contributed by atoms with Gasteiger partial charge in [-0.1, -0.05) is 29.8 Å². The molecule has 0 heterocycles. The summed E-state index contributed by atoms with van der Waals surface area (Å²) in [7, 11) is 0. The highest BCUT2D eigenvalue weighted by molar-refractivity contribution is 14.1. The zero-order chi connectivity index (χ0) is 14.3. The van der Waals surface area contributed by atoms with Gasteiger partial charge in [-0.15, -0.1) is 0 Å². The van der Waals surface area contributed by atoms with Crippen LogP contribution in [0.5, 0.6) is 0 Å². The summed E-state index contributed by atoms with van der Waals surface area (Å²) >= 11 is 2.04. The molecule has 19 heavy (non-hydrogen) atoms. The lowest BCUT2D eigenvalue weighted by molar-refractivity contribution is -0.604. The topological polar surface area (TPSA) is 69.9 Å². The number of halogens is 1. The molecule has 0 aromatic heterocycles. The molecule has 0 spiro atoms. The van der Waals surface area contributed by atoms with Crippen LogP contribution in [0.3, 0.4) is 0 Å². The first-order valence-corrected chi connectivity index (χ1v) is 7.25. The van der Waals surface area contributed by atoms with E-state index in [0.29, 0.717) is 10.2 Å². The predicted octanol–water partition coefficient (Wildman–Crippen LogP) is 1.71. The van der Waals surface area contributed by atoms with Gasteiger partial charge in [-0.3, -0.25) is 5.41 Å². The SMILES string of the molecule is CCOC(O)C(=N)C(I)=C[NH2+]Cc1ccc(C)cc1. The second-order valence-corrected chi connectivity index (χ2v) is 5.32. The highest BCUT2D eigenvalue weighted by atomic mass is 127. The van der Waals surface area contributed by atoms with E-state index in [4.69, 9.17) is 10.1 Å². The minimum Gasteiger partial charge on any atom is -0.363 e. The Morgan fingerprint density at radius 2 is 2.11 bits per heavy atom. The molecular weight excluding hydrogens is 355 g/mol. The number of aliphatic hydroxyl groups is 1. The molecule has 0 bridgehead atoms. The Morgan fingerprint density at radius 3 is 2.68 bits per heavy atom. The van der Waals surface area contributed by atoms with E-state index in [2.05, 4.69) is 31.2 Å². The summed E-state index contributed by atoms with van der Waals surface area (Å²) in [4.78, 5) is 0. The Bertz CT molecular complexity index is 443. The summed E-state index contributed by atoms with van der Waals surface area (Å²) in [5.74, 6) is 0. The first-order valence-electron chi connectivity index (χ1n) is 6.17. The van der Waals surface area contributed by atoms with Crippen molar-refractivity contribution in [1.82, 2.24) is 0 Å². The minimum absolute atomic E-state index is 0.0996. The minimum atomic E-state index is -1.14. The summed E-state index contributed by atoms with van der Waals surface area (Å²) in [5.41, 5.74) is 2.57. The average molecular weight is 375 g/mol. The summed E-state index contributed by atoms with van der Waals surface area (Å²) in [6.07, 6.45) is 0.700. The molecule has 0 radical (unpaired) electrons. The van der Waals surface area contributed by atoms with E-state index in [-0.39, 0.29) is 5.71 Å². The van der Waals surface area contributed by atoms with Crippen LogP contribution < -0.4 is 5.32 Å². The summed E-state index contributed by atoms with van der Waals surface area (Å²) < 4.78 is 5.66. The number of hydrogen-bond donors (Lipinski definition) is 3. The number of aryl methyl sites for hydroxylation is 1. The Kier molecular flexibility index (Phi) is 7.22. The van der Waals surface area contributed by atoms with Crippen LogP contribution >= 0.6 is 22.6 Å². The number of nitrogens with two attached hydrogens (primary N) is 1. The maximum Gasteiger partial charge on any atom is 0.199 e. The van der Waals surface area contributed by atoms with Gasteiger partial charge in [0.25, 0.3) is 0 Å². The molecule has 1 aromatic rings. The standard InChI is InChI=1S/C14H19IN2O2/c1-3-19-14(18)13(16)12(15)9-17-8-11-6-4-10(2)5-7-11/h4-7,9,14,16-18H,3,8H2,1-2H3/p+1. The van der Waals surface area contributed by atoms with Crippen LogP contribution in [0.4, 0.5) is 0 Å². The monoisotopic (exact) mass is 375 g/mol. The fourth-order valence-corrected chi connectivity index (χ4v) is 1.99. The van der Waals surface area contributed by atoms with Gasteiger partial charge < -0.3 is 15.2 Å². The molecule has 0 aliphatic rings. The Hall–Kier alpha value is -0.760. The van der Waals surface area contributed by atoms with Crippen LogP contribution in [-0.2, 0) is 11.3 Å². The van der Waals surface area contributed by atoms with Gasteiger partial charge in [0.1, 0.15) is 18.5 Å². The predicted molar refractivity (Wildman–Crippen MR) is 84.3 cm³/mol. The first kappa shape index (κ1) is 16.3. The third-order valence-electron chi connectivity index (χ3n) is 2.57. The van der Waals surface area contributed by atoms with Crippen LogP contribution in [-0.4, -0.2) is 23.7 Å². The third kappa shape index (κ3) is 5.82. The maximum absolute atomic E-state index is 9.53. The number of rotatable bonds is 7. The molecule has 1 aromatic carbocycles. The van der Waals surface area contributed by atoms with Crippen molar-refractivity contribution in [3.8, 4) is 0 Å². The van der Waals surface area contributed by atoms with Gasteiger partial charge >= 0.3 is 0 Å². The molecule has 1 unspecified atom stereocenters. The fraction of sp³-hybridized carbons (Fsp3) is 0.357. The van der Waals surface area contributed by atoms with Crippen molar-refractivity contribution in [3.63, 3.8) is 0 Å². The maximum atomic E-state index is 9.53. The Balaban J connectivity index is 2.47. The van der Waals surface area contributed by atoms with E-state index in [9.17, 15) is 5.11 Å². The van der Waals surface area contributed by atoms with Gasteiger partial charge in [0.15, 0.2) is 6.29 Å². The summed E-state index contributed by atoms with van der Waals surface area (Å²) in [6, 6.07) is 8.34. The van der Waals surface area contributed by atoms with Crippen molar-refractivity contribution in [2.24, 2.45) is 0 Å². The Labute approximate surface area is 127 Å². The lowest BCUT2D eigenvalue weighted by Crippen LogP contribution is -2.76. The zero-order valence-electron chi connectivity index (χ0n) is 11.2. The van der Waals surface area contributed by atoms with Crippen LogP contribution in [0, 0.1) is 12.3 Å². The molecule has 0 saturated heterocycles. The van der Waals surface area contributed by atoms with E-state index in [1.165, 1.54) is 11.1 Å². The van der Waals surface area contributed by atoms with Crippen LogP contribution in [0.1, 0.15) is 18.1 Å². The van der Waals surface area contributed by atoms with E-state index >= 15 is 0 Å². The van der Waals surface area contributed by atoms with E-state index in [0.717, 1.165) is 6.54 Å². The molecule has 0 aliphatic heterocycles.